The van der Waals surface area contributed by atoms with E-state index in [1.165, 1.54) is 5.56 Å². The van der Waals surface area contributed by atoms with Crippen LogP contribution in [0.2, 0.25) is 0 Å². The first-order chi connectivity index (χ1) is 8.43. The molecular weight excluding hydrogens is 230 g/mol. The van der Waals surface area contributed by atoms with Crippen LogP contribution in [0.1, 0.15) is 19.4 Å². The van der Waals surface area contributed by atoms with Crippen molar-refractivity contribution in [3.05, 3.63) is 29.8 Å². The van der Waals surface area contributed by atoms with E-state index >= 15 is 0 Å². The Morgan fingerprint density at radius 3 is 2.39 bits per heavy atom. The van der Waals surface area contributed by atoms with Crippen LogP contribution in [0.3, 0.4) is 0 Å². The van der Waals surface area contributed by atoms with Crippen LogP contribution in [-0.4, -0.2) is 37.1 Å². The molecule has 0 aliphatic heterocycles. The van der Waals surface area contributed by atoms with Gasteiger partial charge in [0, 0.05) is 12.6 Å². The molecule has 0 heterocycles. The van der Waals surface area contributed by atoms with Crippen LogP contribution in [0, 0.1) is 0 Å². The number of hydrogen-bond acceptors (Lipinski definition) is 4. The normalized spacial score (nSPS) is 13.4. The Morgan fingerprint density at radius 2 is 1.89 bits per heavy atom. The fraction of sp³-hybridized carbons (Fsp3) is 0.571. The van der Waals surface area contributed by atoms with Gasteiger partial charge in [-0.3, -0.25) is 0 Å². The van der Waals surface area contributed by atoms with E-state index in [0.717, 1.165) is 12.2 Å². The summed E-state index contributed by atoms with van der Waals surface area (Å²) in [5, 5.41) is 9.75. The predicted molar refractivity (Wildman–Crippen MR) is 71.8 cm³/mol. The molecule has 0 fully saturated rings. The van der Waals surface area contributed by atoms with Crippen molar-refractivity contribution in [2.24, 2.45) is 5.73 Å². The number of benzene rings is 1. The summed E-state index contributed by atoms with van der Waals surface area (Å²) in [4.78, 5) is 0. The lowest BCUT2D eigenvalue weighted by Crippen LogP contribution is -2.48. The van der Waals surface area contributed by atoms with Gasteiger partial charge in [-0.1, -0.05) is 12.1 Å². The van der Waals surface area contributed by atoms with Gasteiger partial charge < -0.3 is 20.3 Å². The minimum Gasteiger partial charge on any atom is -0.491 e. The van der Waals surface area contributed by atoms with Crippen molar-refractivity contribution in [1.29, 1.82) is 0 Å². The molecule has 0 saturated heterocycles. The Labute approximate surface area is 109 Å². The highest BCUT2D eigenvalue weighted by molar-refractivity contribution is 5.27. The summed E-state index contributed by atoms with van der Waals surface area (Å²) in [5.41, 5.74) is 6.32. The van der Waals surface area contributed by atoms with Crippen LogP contribution in [0.25, 0.3) is 0 Å². The van der Waals surface area contributed by atoms with Gasteiger partial charge in [0.1, 0.15) is 18.5 Å². The molecule has 1 aromatic rings. The van der Waals surface area contributed by atoms with Crippen LogP contribution in [0.4, 0.5) is 0 Å². The lowest BCUT2D eigenvalue weighted by molar-refractivity contribution is 0.0545. The number of rotatable bonds is 7. The summed E-state index contributed by atoms with van der Waals surface area (Å²) in [6.07, 6.45) is 0.195. The van der Waals surface area contributed by atoms with Crippen LogP contribution in [-0.2, 0) is 11.2 Å². The Bertz CT molecular complexity index is 343. The van der Waals surface area contributed by atoms with Crippen LogP contribution in [0.15, 0.2) is 24.3 Å². The first-order valence-electron chi connectivity index (χ1n) is 6.11. The third-order valence-corrected chi connectivity index (χ3v) is 2.78. The van der Waals surface area contributed by atoms with Gasteiger partial charge in [-0.25, -0.2) is 0 Å². The second kappa shape index (κ2) is 6.73. The second-order valence-corrected chi connectivity index (χ2v) is 5.03. The molecule has 4 nitrogen and oxygen atoms in total. The molecular formula is C14H23NO3. The maximum absolute atomic E-state index is 9.75. The monoisotopic (exact) mass is 253 g/mol. The zero-order chi connectivity index (χ0) is 13.6. The molecule has 0 aromatic heterocycles. The summed E-state index contributed by atoms with van der Waals surface area (Å²) in [6.45, 7) is 4.45. The number of hydrogen-bond donors (Lipinski definition) is 2. The predicted octanol–water partition coefficient (Wildman–Crippen LogP) is 1.35. The molecule has 1 atom stereocenters. The minimum absolute atomic E-state index is 0.195. The van der Waals surface area contributed by atoms with Crippen molar-refractivity contribution in [3.63, 3.8) is 0 Å². The number of nitrogens with two attached hydrogens (primary N) is 1. The third kappa shape index (κ3) is 5.04. The van der Waals surface area contributed by atoms with Crippen molar-refractivity contribution in [2.45, 2.75) is 31.9 Å². The molecule has 1 aromatic carbocycles. The van der Waals surface area contributed by atoms with E-state index in [-0.39, 0.29) is 6.61 Å². The van der Waals surface area contributed by atoms with Gasteiger partial charge >= 0.3 is 0 Å². The summed E-state index contributed by atoms with van der Waals surface area (Å²) >= 11 is 0. The molecule has 102 valence electrons. The fourth-order valence-electron chi connectivity index (χ4n) is 1.36. The van der Waals surface area contributed by atoms with Crippen molar-refractivity contribution in [3.8, 4) is 5.75 Å². The van der Waals surface area contributed by atoms with Gasteiger partial charge in [0.25, 0.3) is 0 Å². The smallest absolute Gasteiger partial charge is 0.119 e. The van der Waals surface area contributed by atoms with Crippen LogP contribution in [0.5, 0.6) is 5.75 Å². The Hall–Kier alpha value is -1.10. The highest BCUT2D eigenvalue weighted by Gasteiger charge is 2.23. The quantitative estimate of drug-likeness (QED) is 0.770. The minimum atomic E-state index is -0.689. The Balaban J connectivity index is 2.44. The maximum atomic E-state index is 9.75. The van der Waals surface area contributed by atoms with Gasteiger partial charge in [-0.15, -0.1) is 0 Å². The molecule has 0 amide bonds. The van der Waals surface area contributed by atoms with Crippen molar-refractivity contribution in [1.82, 2.24) is 0 Å². The molecule has 0 aliphatic rings. The number of aliphatic hydroxyl groups excluding tert-OH is 1. The van der Waals surface area contributed by atoms with E-state index < -0.39 is 11.6 Å². The molecule has 4 heteroatoms. The van der Waals surface area contributed by atoms with Crippen molar-refractivity contribution >= 4 is 0 Å². The van der Waals surface area contributed by atoms with Crippen molar-refractivity contribution < 1.29 is 14.6 Å². The van der Waals surface area contributed by atoms with Crippen LogP contribution < -0.4 is 10.5 Å². The zero-order valence-corrected chi connectivity index (χ0v) is 11.3. The molecule has 3 N–H and O–H groups in total. The number of methoxy groups -OCH3 is 1. The van der Waals surface area contributed by atoms with Gasteiger partial charge in [0.05, 0.1) is 6.61 Å². The van der Waals surface area contributed by atoms with Gasteiger partial charge in [0.15, 0.2) is 0 Å². The highest BCUT2D eigenvalue weighted by atomic mass is 16.5. The van der Waals surface area contributed by atoms with E-state index in [0.29, 0.717) is 6.61 Å². The standard InChI is InChI=1S/C14H23NO3/c1-14(2,15)13(16)10-18-12-6-4-11(5-7-12)8-9-17-3/h4-7,13,16H,8-10,15H2,1-3H3. The summed E-state index contributed by atoms with van der Waals surface area (Å²) in [6, 6.07) is 7.77. The SMILES string of the molecule is COCCc1ccc(OCC(O)C(C)(C)N)cc1. The maximum Gasteiger partial charge on any atom is 0.119 e. The number of ether oxygens (including phenoxy) is 2. The summed E-state index contributed by atoms with van der Waals surface area (Å²) < 4.78 is 10.5. The van der Waals surface area contributed by atoms with Gasteiger partial charge in [0.2, 0.25) is 0 Å². The lowest BCUT2D eigenvalue weighted by Gasteiger charge is -2.25. The molecule has 18 heavy (non-hydrogen) atoms. The van der Waals surface area contributed by atoms with E-state index in [4.69, 9.17) is 15.2 Å². The number of aliphatic hydroxyl groups is 1. The van der Waals surface area contributed by atoms with E-state index in [2.05, 4.69) is 0 Å². The molecule has 0 spiro atoms. The first-order valence-corrected chi connectivity index (χ1v) is 6.11. The molecule has 0 radical (unpaired) electrons. The first kappa shape index (κ1) is 15.0. The third-order valence-electron chi connectivity index (χ3n) is 2.78. The Kier molecular flexibility index (Phi) is 5.59. The molecule has 1 rings (SSSR count). The lowest BCUT2D eigenvalue weighted by atomic mass is 10.00. The van der Waals surface area contributed by atoms with E-state index in [1.807, 2.05) is 24.3 Å². The van der Waals surface area contributed by atoms with E-state index in [1.54, 1.807) is 21.0 Å². The van der Waals surface area contributed by atoms with Gasteiger partial charge in [-0.2, -0.15) is 0 Å². The van der Waals surface area contributed by atoms with Gasteiger partial charge in [-0.05, 0) is 38.0 Å². The molecule has 0 bridgehead atoms. The summed E-state index contributed by atoms with van der Waals surface area (Å²) in [5.74, 6) is 0.736. The zero-order valence-electron chi connectivity index (χ0n) is 11.3. The van der Waals surface area contributed by atoms with E-state index in [9.17, 15) is 5.11 Å². The highest BCUT2D eigenvalue weighted by Crippen LogP contribution is 2.14. The average molecular weight is 253 g/mol. The molecule has 1 unspecified atom stereocenters. The Morgan fingerprint density at radius 1 is 1.28 bits per heavy atom. The topological polar surface area (TPSA) is 64.7 Å². The fourth-order valence-corrected chi connectivity index (χ4v) is 1.36. The van der Waals surface area contributed by atoms with Crippen LogP contribution >= 0.6 is 0 Å². The largest absolute Gasteiger partial charge is 0.491 e. The summed E-state index contributed by atoms with van der Waals surface area (Å²) in [7, 11) is 1.69. The molecule has 0 saturated carbocycles. The molecule has 0 aliphatic carbocycles. The van der Waals surface area contributed by atoms with Crippen molar-refractivity contribution in [2.75, 3.05) is 20.3 Å². The second-order valence-electron chi connectivity index (χ2n) is 5.03. The average Bonchev–Trinajstić information content (AvgIpc) is 2.33.